The molecule has 0 aromatic carbocycles. The van der Waals surface area contributed by atoms with Gasteiger partial charge in [0.25, 0.3) is 0 Å². The maximum Gasteiger partial charge on any atom is 0.411 e. The number of rotatable bonds is 13. The Balaban J connectivity index is 2.02. The van der Waals surface area contributed by atoms with Crippen LogP contribution in [0, 0.1) is 5.92 Å². The van der Waals surface area contributed by atoms with Crippen LogP contribution in [0.4, 0.5) is 4.79 Å². The molecule has 7 nitrogen and oxygen atoms in total. The van der Waals surface area contributed by atoms with Gasteiger partial charge in [-0.15, -0.1) is 0 Å². The SMILES string of the molecule is C=CCOC(=O)N(C)C(CCCC(=S)Cc1ccccn1)N1C[C@@H]([C@@H](C)O[Si](C)(C)C(C)(C)C)C1=O. The highest BCUT2D eigenvalue weighted by Gasteiger charge is 2.48. The first-order chi connectivity index (χ1) is 16.8. The number of carbonyl (C=O) groups excluding carboxylic acids is 2. The summed E-state index contributed by atoms with van der Waals surface area (Å²) >= 11 is 5.58. The number of likely N-dealkylation sites (tertiary alicyclic amines) is 1. The number of thiocarbonyl (C=S) groups is 1. The zero-order valence-corrected chi connectivity index (χ0v) is 24.8. The van der Waals surface area contributed by atoms with E-state index in [-0.39, 0.29) is 29.6 Å². The first-order valence-corrected chi connectivity index (χ1v) is 16.0. The van der Waals surface area contributed by atoms with Crippen LogP contribution in [0.3, 0.4) is 0 Å². The average Bonchev–Trinajstić information content (AvgIpc) is 2.79. The van der Waals surface area contributed by atoms with Crippen molar-refractivity contribution in [3.05, 3.63) is 42.7 Å². The molecule has 0 aliphatic carbocycles. The summed E-state index contributed by atoms with van der Waals surface area (Å²) in [6.07, 6.45) is 4.97. The smallest absolute Gasteiger partial charge is 0.411 e. The highest BCUT2D eigenvalue weighted by Crippen LogP contribution is 2.39. The number of hydrogen-bond donors (Lipinski definition) is 0. The molecule has 0 bridgehead atoms. The zero-order valence-electron chi connectivity index (χ0n) is 23.0. The van der Waals surface area contributed by atoms with Crippen molar-refractivity contribution in [2.75, 3.05) is 20.2 Å². The largest absolute Gasteiger partial charge is 0.445 e. The molecule has 0 saturated carbocycles. The fourth-order valence-electron chi connectivity index (χ4n) is 4.01. The van der Waals surface area contributed by atoms with E-state index in [0.717, 1.165) is 17.0 Å². The van der Waals surface area contributed by atoms with E-state index in [4.69, 9.17) is 21.4 Å². The first kappa shape index (κ1) is 30.1. The molecule has 1 saturated heterocycles. The van der Waals surface area contributed by atoms with Gasteiger partial charge in [-0.3, -0.25) is 14.7 Å². The van der Waals surface area contributed by atoms with Gasteiger partial charge < -0.3 is 14.1 Å². The van der Waals surface area contributed by atoms with Gasteiger partial charge in [0.15, 0.2) is 8.32 Å². The molecule has 1 aromatic heterocycles. The minimum Gasteiger partial charge on any atom is -0.445 e. The van der Waals surface area contributed by atoms with Crippen LogP contribution < -0.4 is 0 Å². The molecule has 1 aromatic rings. The zero-order chi connectivity index (χ0) is 27.1. The standard InChI is InChI=1S/C27H43N3O4SSi/c1-9-17-33-26(32)29(6)24(15-12-14-22(35)18-21-13-10-11-16-28-21)30-19-23(25(30)31)20(2)34-36(7,8)27(3,4)5/h9-11,13,16,20,23-24H,1,12,14-15,17-19H2,2-8H3/t20-,23+,24?/m1/s1. The lowest BCUT2D eigenvalue weighted by Crippen LogP contribution is -2.65. The summed E-state index contributed by atoms with van der Waals surface area (Å²) in [7, 11) is -0.318. The summed E-state index contributed by atoms with van der Waals surface area (Å²) in [4.78, 5) is 34.4. The number of β-lactam (4-membered cyclic amide) rings is 1. The third-order valence-corrected chi connectivity index (χ3v) is 12.2. The predicted octanol–water partition coefficient (Wildman–Crippen LogP) is 5.61. The molecular formula is C27H43N3O4SSi. The van der Waals surface area contributed by atoms with Gasteiger partial charge in [0.1, 0.15) is 12.8 Å². The molecular weight excluding hydrogens is 490 g/mol. The summed E-state index contributed by atoms with van der Waals surface area (Å²) in [6, 6.07) is 5.80. The molecule has 0 spiro atoms. The van der Waals surface area contributed by atoms with Crippen LogP contribution in [0.1, 0.15) is 52.7 Å². The van der Waals surface area contributed by atoms with Gasteiger partial charge in [0.2, 0.25) is 5.91 Å². The van der Waals surface area contributed by atoms with Crippen LogP contribution in [-0.4, -0.2) is 72.4 Å². The van der Waals surface area contributed by atoms with E-state index in [0.29, 0.717) is 25.8 Å². The van der Waals surface area contributed by atoms with Crippen molar-refractivity contribution in [1.82, 2.24) is 14.8 Å². The number of pyridine rings is 1. The Hall–Kier alpha value is -2.10. The molecule has 0 N–H and O–H groups in total. The molecule has 0 radical (unpaired) electrons. The molecule has 200 valence electrons. The van der Waals surface area contributed by atoms with Crippen LogP contribution in [0.15, 0.2) is 37.1 Å². The quantitative estimate of drug-likeness (QED) is 0.142. The van der Waals surface area contributed by atoms with Gasteiger partial charge in [0, 0.05) is 31.9 Å². The number of amides is 2. The fraction of sp³-hybridized carbons (Fsp3) is 0.630. The van der Waals surface area contributed by atoms with Crippen molar-refractivity contribution in [2.45, 2.75) is 83.8 Å². The fourth-order valence-corrected chi connectivity index (χ4v) is 5.75. The second-order valence-corrected chi connectivity index (χ2v) is 16.4. The lowest BCUT2D eigenvalue weighted by atomic mass is 9.91. The summed E-state index contributed by atoms with van der Waals surface area (Å²) in [5, 5.41) is 0.0685. The summed E-state index contributed by atoms with van der Waals surface area (Å²) in [5.41, 5.74) is 0.945. The third-order valence-electron chi connectivity index (χ3n) is 7.29. The van der Waals surface area contributed by atoms with Crippen LogP contribution >= 0.6 is 12.2 Å². The van der Waals surface area contributed by atoms with Crippen LogP contribution in [-0.2, 0) is 20.4 Å². The summed E-state index contributed by atoms with van der Waals surface area (Å²) in [5.74, 6) is -0.185. The number of hydrogen-bond acceptors (Lipinski definition) is 6. The molecule has 1 aliphatic rings. The molecule has 1 fully saturated rings. The Labute approximate surface area is 223 Å². The van der Waals surface area contributed by atoms with E-state index < -0.39 is 20.6 Å². The van der Waals surface area contributed by atoms with Crippen molar-refractivity contribution in [3.63, 3.8) is 0 Å². The highest BCUT2D eigenvalue weighted by atomic mass is 32.1. The molecule has 2 heterocycles. The molecule has 9 heteroatoms. The molecule has 1 aliphatic heterocycles. The number of ether oxygens (including phenoxy) is 1. The van der Waals surface area contributed by atoms with Crippen LogP contribution in [0.5, 0.6) is 0 Å². The summed E-state index contributed by atoms with van der Waals surface area (Å²) in [6.45, 7) is 17.2. The van der Waals surface area contributed by atoms with E-state index in [1.54, 1.807) is 18.1 Å². The van der Waals surface area contributed by atoms with E-state index in [1.165, 1.54) is 11.0 Å². The third kappa shape index (κ3) is 7.95. The lowest BCUT2D eigenvalue weighted by molar-refractivity contribution is -0.162. The van der Waals surface area contributed by atoms with E-state index in [2.05, 4.69) is 45.4 Å². The molecule has 2 rings (SSSR count). The molecule has 3 atom stereocenters. The number of nitrogens with zero attached hydrogens (tertiary/aromatic N) is 3. The highest BCUT2D eigenvalue weighted by molar-refractivity contribution is 7.80. The van der Waals surface area contributed by atoms with Gasteiger partial charge in [-0.05, 0) is 61.3 Å². The van der Waals surface area contributed by atoms with Crippen molar-refractivity contribution in [3.8, 4) is 0 Å². The second-order valence-electron chi connectivity index (χ2n) is 11.1. The van der Waals surface area contributed by atoms with Gasteiger partial charge >= 0.3 is 6.09 Å². The first-order valence-electron chi connectivity index (χ1n) is 12.7. The normalized spacial score (nSPS) is 17.7. The topological polar surface area (TPSA) is 72.0 Å². The van der Waals surface area contributed by atoms with Gasteiger partial charge in [-0.2, -0.15) is 0 Å². The van der Waals surface area contributed by atoms with Crippen LogP contribution in [0.2, 0.25) is 18.1 Å². The Morgan fingerprint density at radius 2 is 2.08 bits per heavy atom. The molecule has 2 amide bonds. The second kappa shape index (κ2) is 12.9. The number of aromatic nitrogens is 1. The minimum atomic E-state index is -2.00. The van der Waals surface area contributed by atoms with E-state index >= 15 is 0 Å². The Kier molecular flexibility index (Phi) is 10.8. The van der Waals surface area contributed by atoms with Crippen LogP contribution in [0.25, 0.3) is 0 Å². The summed E-state index contributed by atoms with van der Waals surface area (Å²) < 4.78 is 11.7. The Morgan fingerprint density at radius 3 is 2.64 bits per heavy atom. The van der Waals surface area contributed by atoms with Gasteiger partial charge in [-0.25, -0.2) is 4.79 Å². The Morgan fingerprint density at radius 1 is 1.39 bits per heavy atom. The van der Waals surface area contributed by atoms with Gasteiger partial charge in [0.05, 0.1) is 12.0 Å². The van der Waals surface area contributed by atoms with E-state index in [1.807, 2.05) is 25.1 Å². The molecule has 36 heavy (non-hydrogen) atoms. The maximum absolute atomic E-state index is 13.3. The lowest BCUT2D eigenvalue weighted by Gasteiger charge is -2.49. The van der Waals surface area contributed by atoms with Gasteiger partial charge in [-0.1, -0.05) is 51.7 Å². The monoisotopic (exact) mass is 533 g/mol. The minimum absolute atomic E-state index is 0.0191. The predicted molar refractivity (Wildman–Crippen MR) is 150 cm³/mol. The van der Waals surface area contributed by atoms with Crippen molar-refractivity contribution >= 4 is 37.4 Å². The van der Waals surface area contributed by atoms with Crippen molar-refractivity contribution in [1.29, 1.82) is 0 Å². The van der Waals surface area contributed by atoms with Crippen molar-refractivity contribution < 1.29 is 18.8 Å². The van der Waals surface area contributed by atoms with Crippen molar-refractivity contribution in [2.24, 2.45) is 5.92 Å². The maximum atomic E-state index is 13.3. The number of carbonyl (C=O) groups is 2. The Bertz CT molecular complexity index is 919. The van der Waals surface area contributed by atoms with E-state index in [9.17, 15) is 9.59 Å². The average molecular weight is 534 g/mol. The molecule has 1 unspecified atom stereocenters.